The smallest absolute Gasteiger partial charge is 0.336 e. The van der Waals surface area contributed by atoms with Gasteiger partial charge in [0.15, 0.2) is 0 Å². The highest BCUT2D eigenvalue weighted by Crippen LogP contribution is 2.24. The van der Waals surface area contributed by atoms with Crippen molar-refractivity contribution in [3.05, 3.63) is 23.8 Å². The molecule has 0 unspecified atom stereocenters. The lowest BCUT2D eigenvalue weighted by molar-refractivity contribution is 0.0693. The van der Waals surface area contributed by atoms with Crippen LogP contribution >= 0.6 is 11.9 Å². The van der Waals surface area contributed by atoms with Crippen LogP contribution in [0.2, 0.25) is 0 Å². The summed E-state index contributed by atoms with van der Waals surface area (Å²) in [6.07, 6.45) is 0. The maximum atomic E-state index is 10.6. The Morgan fingerprint density at radius 3 is 2.58 bits per heavy atom. The van der Waals surface area contributed by atoms with Crippen LogP contribution in [0, 0.1) is 0 Å². The second kappa shape index (κ2) is 3.46. The van der Waals surface area contributed by atoms with Crippen LogP contribution in [0.1, 0.15) is 10.4 Å². The summed E-state index contributed by atoms with van der Waals surface area (Å²) in [7, 11) is 0. The highest BCUT2D eigenvalue weighted by molar-refractivity contribution is 7.97. The van der Waals surface area contributed by atoms with Crippen molar-refractivity contribution in [1.82, 2.24) is 0 Å². The number of aromatic carboxylic acids is 1. The number of carboxylic acids is 1. The lowest BCUT2D eigenvalue weighted by atomic mass is 10.2. The van der Waals surface area contributed by atoms with Gasteiger partial charge in [-0.05, 0) is 24.1 Å². The molecule has 0 saturated carbocycles. The third-order valence-electron chi connectivity index (χ3n) is 1.39. The summed E-state index contributed by atoms with van der Waals surface area (Å²) in [4.78, 5) is 11.0. The number of nitrogens with two attached hydrogens (primary N) is 2. The molecule has 12 heavy (non-hydrogen) atoms. The second-order valence-corrected chi connectivity index (χ2v) is 2.79. The summed E-state index contributed by atoms with van der Waals surface area (Å²) in [5, 5.41) is 14.0. The third kappa shape index (κ3) is 1.51. The quantitative estimate of drug-likeness (QED) is 0.470. The van der Waals surface area contributed by atoms with Crippen LogP contribution in [0.15, 0.2) is 23.1 Å². The molecule has 1 aromatic carbocycles. The molecule has 0 aliphatic carbocycles. The van der Waals surface area contributed by atoms with Gasteiger partial charge >= 0.3 is 5.97 Å². The molecule has 0 aliphatic rings. The molecule has 0 spiro atoms. The molecule has 0 heterocycles. The number of carboxylic acid groups (broad SMARTS) is 1. The lowest BCUT2D eigenvalue weighted by Crippen LogP contribution is -2.02. The second-order valence-electron chi connectivity index (χ2n) is 2.15. The van der Waals surface area contributed by atoms with Gasteiger partial charge in [-0.15, -0.1) is 0 Å². The Labute approximate surface area is 73.7 Å². The van der Waals surface area contributed by atoms with Gasteiger partial charge in [-0.2, -0.15) is 0 Å². The van der Waals surface area contributed by atoms with Crippen LogP contribution in [0.5, 0.6) is 0 Å². The summed E-state index contributed by atoms with van der Waals surface area (Å²) >= 11 is 0.845. The van der Waals surface area contributed by atoms with Gasteiger partial charge in [-0.1, -0.05) is 6.07 Å². The number of benzene rings is 1. The van der Waals surface area contributed by atoms with Gasteiger partial charge in [-0.25, -0.2) is 4.79 Å². The Hall–Kier alpha value is -1.20. The van der Waals surface area contributed by atoms with Gasteiger partial charge < -0.3 is 10.8 Å². The fourth-order valence-electron chi connectivity index (χ4n) is 0.855. The zero-order valence-corrected chi connectivity index (χ0v) is 6.97. The predicted molar refractivity (Wildman–Crippen MR) is 47.9 cm³/mol. The van der Waals surface area contributed by atoms with Crippen molar-refractivity contribution in [3.63, 3.8) is 0 Å². The molecule has 0 amide bonds. The highest BCUT2D eigenvalue weighted by Gasteiger charge is 2.11. The zero-order chi connectivity index (χ0) is 9.14. The van der Waals surface area contributed by atoms with Gasteiger partial charge in [-0.3, -0.25) is 5.14 Å². The molecule has 1 rings (SSSR count). The van der Waals surface area contributed by atoms with Gasteiger partial charge in [0.05, 0.1) is 10.5 Å². The van der Waals surface area contributed by atoms with Crippen LogP contribution in [0.25, 0.3) is 0 Å². The highest BCUT2D eigenvalue weighted by atomic mass is 32.2. The molecule has 0 saturated heterocycles. The number of hydrogen-bond acceptors (Lipinski definition) is 4. The Balaban J connectivity index is 3.27. The van der Waals surface area contributed by atoms with Crippen LogP contribution in [-0.2, 0) is 0 Å². The minimum absolute atomic E-state index is 0.141. The number of anilines is 1. The van der Waals surface area contributed by atoms with Crippen molar-refractivity contribution in [2.45, 2.75) is 4.90 Å². The van der Waals surface area contributed by atoms with Crippen molar-refractivity contribution >= 4 is 23.6 Å². The van der Waals surface area contributed by atoms with Gasteiger partial charge in [0, 0.05) is 5.69 Å². The first kappa shape index (κ1) is 8.89. The Kier molecular flexibility index (Phi) is 2.57. The first-order valence-electron chi connectivity index (χ1n) is 3.15. The van der Waals surface area contributed by atoms with E-state index < -0.39 is 5.97 Å². The number of carbonyl (C=O) groups is 1. The van der Waals surface area contributed by atoms with Gasteiger partial charge in [0.1, 0.15) is 0 Å². The summed E-state index contributed by atoms with van der Waals surface area (Å²) < 4.78 is 0. The molecule has 0 aliphatic heterocycles. The van der Waals surface area contributed by atoms with E-state index >= 15 is 0 Å². The molecule has 0 radical (unpaired) electrons. The monoisotopic (exact) mass is 184 g/mol. The Morgan fingerprint density at radius 1 is 1.50 bits per heavy atom. The average Bonchev–Trinajstić information content (AvgIpc) is 2.03. The molecule has 0 aromatic heterocycles. The summed E-state index contributed by atoms with van der Waals surface area (Å²) in [5.41, 5.74) is 6.04. The van der Waals surface area contributed by atoms with E-state index in [4.69, 9.17) is 16.0 Å². The van der Waals surface area contributed by atoms with Crippen molar-refractivity contribution in [2.24, 2.45) is 5.14 Å². The molecule has 0 bridgehead atoms. The molecular weight excluding hydrogens is 176 g/mol. The minimum atomic E-state index is -1.02. The predicted octanol–water partition coefficient (Wildman–Crippen LogP) is 0.933. The topological polar surface area (TPSA) is 89.3 Å². The summed E-state index contributed by atoms with van der Waals surface area (Å²) in [6, 6.07) is 4.66. The molecule has 64 valence electrons. The van der Waals surface area contributed by atoms with E-state index in [-0.39, 0.29) is 5.56 Å². The third-order valence-corrected chi connectivity index (χ3v) is 2.09. The SMILES string of the molecule is NSc1c(N)cccc1C(=O)O. The maximum absolute atomic E-state index is 10.6. The van der Waals surface area contributed by atoms with E-state index in [1.165, 1.54) is 6.07 Å². The van der Waals surface area contributed by atoms with E-state index in [2.05, 4.69) is 0 Å². The molecule has 0 fully saturated rings. The van der Waals surface area contributed by atoms with Crippen molar-refractivity contribution in [2.75, 3.05) is 5.73 Å². The molecular formula is C7H8N2O2S. The molecule has 5 N–H and O–H groups in total. The van der Waals surface area contributed by atoms with Crippen LogP contribution in [0.3, 0.4) is 0 Å². The van der Waals surface area contributed by atoms with E-state index in [0.717, 1.165) is 11.9 Å². The van der Waals surface area contributed by atoms with Crippen LogP contribution in [0.4, 0.5) is 5.69 Å². The number of nitrogen functional groups attached to an aromatic ring is 1. The Morgan fingerprint density at radius 2 is 2.17 bits per heavy atom. The van der Waals surface area contributed by atoms with E-state index in [1.54, 1.807) is 12.1 Å². The van der Waals surface area contributed by atoms with Crippen LogP contribution in [-0.4, -0.2) is 11.1 Å². The fraction of sp³-hybridized carbons (Fsp3) is 0. The van der Waals surface area contributed by atoms with Gasteiger partial charge in [0.2, 0.25) is 0 Å². The van der Waals surface area contributed by atoms with Crippen molar-refractivity contribution in [3.8, 4) is 0 Å². The van der Waals surface area contributed by atoms with E-state index in [1.807, 2.05) is 0 Å². The molecule has 0 atom stereocenters. The largest absolute Gasteiger partial charge is 0.478 e. The summed E-state index contributed by atoms with van der Waals surface area (Å²) in [6.45, 7) is 0. The molecule has 4 nitrogen and oxygen atoms in total. The summed E-state index contributed by atoms with van der Waals surface area (Å²) in [5.74, 6) is -1.02. The number of hydrogen-bond donors (Lipinski definition) is 3. The maximum Gasteiger partial charge on any atom is 0.336 e. The Bertz CT molecular complexity index is 314. The van der Waals surface area contributed by atoms with E-state index in [0.29, 0.717) is 10.6 Å². The van der Waals surface area contributed by atoms with Crippen molar-refractivity contribution < 1.29 is 9.90 Å². The van der Waals surface area contributed by atoms with Crippen LogP contribution < -0.4 is 10.9 Å². The normalized spacial score (nSPS) is 9.75. The number of rotatable bonds is 2. The first-order valence-corrected chi connectivity index (χ1v) is 4.03. The zero-order valence-electron chi connectivity index (χ0n) is 6.15. The minimum Gasteiger partial charge on any atom is -0.478 e. The molecule has 1 aromatic rings. The van der Waals surface area contributed by atoms with Crippen molar-refractivity contribution in [1.29, 1.82) is 0 Å². The molecule has 5 heteroatoms. The average molecular weight is 184 g/mol. The standard InChI is InChI=1S/C7H8N2O2S/c8-5-3-1-2-4(7(10)11)6(5)12-9/h1-3H,8-9H2,(H,10,11). The fourth-order valence-corrected chi connectivity index (χ4v) is 1.34. The van der Waals surface area contributed by atoms with Gasteiger partial charge in [0.25, 0.3) is 0 Å². The lowest BCUT2D eigenvalue weighted by Gasteiger charge is -2.04. The first-order chi connectivity index (χ1) is 5.66. The van der Waals surface area contributed by atoms with E-state index in [9.17, 15) is 4.79 Å².